The zero-order valence-corrected chi connectivity index (χ0v) is 20.7. The zero-order chi connectivity index (χ0) is 23.3. The average Bonchev–Trinajstić information content (AvgIpc) is 3.15. The Labute approximate surface area is 198 Å². The lowest BCUT2D eigenvalue weighted by Gasteiger charge is -2.15. The molecule has 170 valence electrons. The van der Waals surface area contributed by atoms with Gasteiger partial charge in [-0.15, -0.1) is 10.2 Å². The molecule has 1 heterocycles. The summed E-state index contributed by atoms with van der Waals surface area (Å²) < 4.78 is 8.11. The first-order valence-electron chi connectivity index (χ1n) is 10.6. The molecule has 1 aromatic heterocycles. The van der Waals surface area contributed by atoms with Crippen LogP contribution >= 0.6 is 23.4 Å². The zero-order valence-electron chi connectivity index (χ0n) is 19.1. The maximum absolute atomic E-state index is 12.4. The molecular weight excluding hydrogens is 444 g/mol. The summed E-state index contributed by atoms with van der Waals surface area (Å²) in [4.78, 5) is 12.4. The number of anilines is 1. The normalized spacial score (nSPS) is 11.1. The van der Waals surface area contributed by atoms with Gasteiger partial charge < -0.3 is 14.6 Å². The van der Waals surface area contributed by atoms with E-state index >= 15 is 0 Å². The fourth-order valence-electron chi connectivity index (χ4n) is 3.28. The average molecular weight is 473 g/mol. The van der Waals surface area contributed by atoms with Crippen LogP contribution in [0, 0.1) is 13.8 Å². The molecule has 6 nitrogen and oxygen atoms in total. The molecule has 1 N–H and O–H groups in total. The minimum Gasteiger partial charge on any atom is -0.485 e. The summed E-state index contributed by atoms with van der Waals surface area (Å²) >= 11 is 7.39. The second-order valence-electron chi connectivity index (χ2n) is 7.92. The van der Waals surface area contributed by atoms with Gasteiger partial charge in [-0.25, -0.2) is 0 Å². The van der Waals surface area contributed by atoms with Crippen LogP contribution in [0.3, 0.4) is 0 Å². The van der Waals surface area contributed by atoms with Crippen LogP contribution in [-0.4, -0.2) is 26.4 Å². The number of hydrogen-bond acceptors (Lipinski definition) is 5. The maximum Gasteiger partial charge on any atom is 0.234 e. The summed E-state index contributed by atoms with van der Waals surface area (Å²) in [6, 6.07) is 11.7. The molecule has 0 aliphatic carbocycles. The monoisotopic (exact) mass is 472 g/mol. The van der Waals surface area contributed by atoms with Gasteiger partial charge in [0.2, 0.25) is 5.91 Å². The van der Waals surface area contributed by atoms with Crippen molar-refractivity contribution in [3.8, 4) is 5.75 Å². The van der Waals surface area contributed by atoms with Crippen molar-refractivity contribution in [2.45, 2.75) is 58.8 Å². The Morgan fingerprint density at radius 1 is 1.19 bits per heavy atom. The first-order valence-corrected chi connectivity index (χ1v) is 12.0. The predicted molar refractivity (Wildman–Crippen MR) is 131 cm³/mol. The molecule has 8 heteroatoms. The van der Waals surface area contributed by atoms with Crippen molar-refractivity contribution >= 4 is 35.0 Å². The number of halogens is 1. The molecule has 1 amide bonds. The van der Waals surface area contributed by atoms with Crippen molar-refractivity contribution in [2.24, 2.45) is 0 Å². The van der Waals surface area contributed by atoms with Gasteiger partial charge in [-0.1, -0.05) is 55.4 Å². The Morgan fingerprint density at radius 3 is 2.69 bits per heavy atom. The van der Waals surface area contributed by atoms with Gasteiger partial charge in [0.15, 0.2) is 11.0 Å². The van der Waals surface area contributed by atoms with Crippen LogP contribution in [0.5, 0.6) is 5.75 Å². The molecule has 3 rings (SSSR count). The highest BCUT2D eigenvalue weighted by Crippen LogP contribution is 2.28. The molecule has 2 aromatic carbocycles. The van der Waals surface area contributed by atoms with Gasteiger partial charge in [0.05, 0.1) is 5.75 Å². The van der Waals surface area contributed by atoms with E-state index in [1.54, 1.807) is 12.1 Å². The largest absolute Gasteiger partial charge is 0.485 e. The second-order valence-corrected chi connectivity index (χ2v) is 9.30. The molecule has 3 aromatic rings. The van der Waals surface area contributed by atoms with Crippen LogP contribution in [0.25, 0.3) is 0 Å². The van der Waals surface area contributed by atoms with E-state index in [1.807, 2.05) is 24.5 Å². The molecule has 0 atom stereocenters. The minimum absolute atomic E-state index is 0.120. The molecule has 0 radical (unpaired) electrons. The van der Waals surface area contributed by atoms with Crippen LogP contribution in [0.15, 0.2) is 41.6 Å². The van der Waals surface area contributed by atoms with Gasteiger partial charge in [0.1, 0.15) is 12.4 Å². The third-order valence-corrected chi connectivity index (χ3v) is 6.27. The number of carbonyl (C=O) groups excluding carboxylic acids is 1. The number of rotatable bonds is 9. The lowest BCUT2D eigenvalue weighted by molar-refractivity contribution is -0.113. The molecule has 0 saturated carbocycles. The number of carbonyl (C=O) groups is 1. The first kappa shape index (κ1) is 24.1. The number of amides is 1. The van der Waals surface area contributed by atoms with E-state index in [0.717, 1.165) is 22.7 Å². The summed E-state index contributed by atoms with van der Waals surface area (Å²) in [5, 5.41) is 12.8. The molecule has 0 saturated heterocycles. The van der Waals surface area contributed by atoms with Gasteiger partial charge in [-0.2, -0.15) is 0 Å². The van der Waals surface area contributed by atoms with Gasteiger partial charge >= 0.3 is 0 Å². The summed E-state index contributed by atoms with van der Waals surface area (Å²) in [6.07, 6.45) is 0. The maximum atomic E-state index is 12.4. The van der Waals surface area contributed by atoms with Crippen LogP contribution < -0.4 is 10.1 Å². The topological polar surface area (TPSA) is 69.0 Å². The fourth-order valence-corrected chi connectivity index (χ4v) is 4.27. The van der Waals surface area contributed by atoms with Crippen molar-refractivity contribution in [1.82, 2.24) is 14.8 Å². The molecule has 0 aliphatic heterocycles. The fraction of sp³-hybridized carbons (Fsp3) is 0.375. The van der Waals surface area contributed by atoms with E-state index in [4.69, 9.17) is 16.3 Å². The Kier molecular flexibility index (Phi) is 8.21. The number of hydrogen-bond donors (Lipinski definition) is 1. The van der Waals surface area contributed by atoms with Crippen LogP contribution in [-0.2, 0) is 17.9 Å². The molecule has 0 spiro atoms. The van der Waals surface area contributed by atoms with Gasteiger partial charge in [-0.05, 0) is 61.6 Å². The van der Waals surface area contributed by atoms with Gasteiger partial charge in [0.25, 0.3) is 0 Å². The molecular formula is C24H29ClN4O2S. The lowest BCUT2D eigenvalue weighted by atomic mass is 10.0. The highest BCUT2D eigenvalue weighted by atomic mass is 35.5. The Bertz CT molecular complexity index is 1100. The van der Waals surface area contributed by atoms with E-state index < -0.39 is 0 Å². The van der Waals surface area contributed by atoms with Crippen molar-refractivity contribution in [3.05, 3.63) is 63.9 Å². The second kappa shape index (κ2) is 10.9. The van der Waals surface area contributed by atoms with Crippen molar-refractivity contribution in [2.75, 3.05) is 11.1 Å². The smallest absolute Gasteiger partial charge is 0.234 e. The highest BCUT2D eigenvalue weighted by Gasteiger charge is 2.16. The molecule has 0 fully saturated rings. The van der Waals surface area contributed by atoms with Crippen LogP contribution in [0.4, 0.5) is 5.69 Å². The van der Waals surface area contributed by atoms with Gasteiger partial charge in [-0.3, -0.25) is 4.79 Å². The number of aromatic nitrogens is 3. The van der Waals surface area contributed by atoms with Crippen molar-refractivity contribution < 1.29 is 9.53 Å². The highest BCUT2D eigenvalue weighted by molar-refractivity contribution is 7.99. The summed E-state index contributed by atoms with van der Waals surface area (Å²) in [6.45, 7) is 11.3. The predicted octanol–water partition coefficient (Wildman–Crippen LogP) is 6.00. The first-order chi connectivity index (χ1) is 15.3. The Balaban J connectivity index is 1.64. The molecule has 0 aliphatic rings. The standard InChI is InChI=1S/C24H29ClN4O2S/c1-6-29-22(13-31-21-11-16(4)7-10-19(21)15(2)3)27-28-24(29)32-14-23(30)26-20-12-18(25)9-8-17(20)5/h7-12,15H,6,13-14H2,1-5H3,(H,26,30). The van der Waals surface area contributed by atoms with Crippen LogP contribution in [0.1, 0.15) is 49.2 Å². The number of nitrogens with one attached hydrogen (secondary N) is 1. The quantitative estimate of drug-likeness (QED) is 0.386. The summed E-state index contributed by atoms with van der Waals surface area (Å²) in [5.74, 6) is 2.07. The molecule has 0 unspecified atom stereocenters. The van der Waals surface area contributed by atoms with Crippen LogP contribution in [0.2, 0.25) is 5.02 Å². The number of thioether (sulfide) groups is 1. The Morgan fingerprint density at radius 2 is 1.97 bits per heavy atom. The lowest BCUT2D eigenvalue weighted by Crippen LogP contribution is -2.15. The van der Waals surface area contributed by atoms with Crippen molar-refractivity contribution in [1.29, 1.82) is 0 Å². The van der Waals surface area contributed by atoms with E-state index in [9.17, 15) is 4.79 Å². The number of ether oxygens (including phenoxy) is 1. The van der Waals surface area contributed by atoms with E-state index in [-0.39, 0.29) is 11.7 Å². The number of aryl methyl sites for hydroxylation is 2. The summed E-state index contributed by atoms with van der Waals surface area (Å²) in [5.41, 5.74) is 3.99. The van der Waals surface area contributed by atoms with E-state index in [2.05, 4.69) is 54.5 Å². The van der Waals surface area contributed by atoms with E-state index in [1.165, 1.54) is 17.3 Å². The molecule has 0 bridgehead atoms. The third kappa shape index (κ3) is 6.04. The number of benzene rings is 2. The third-order valence-electron chi connectivity index (χ3n) is 5.06. The Hall–Kier alpha value is -2.51. The summed E-state index contributed by atoms with van der Waals surface area (Å²) in [7, 11) is 0. The van der Waals surface area contributed by atoms with Crippen molar-refractivity contribution in [3.63, 3.8) is 0 Å². The minimum atomic E-state index is -0.120. The number of nitrogens with zero attached hydrogens (tertiary/aromatic N) is 3. The molecule has 32 heavy (non-hydrogen) atoms. The SMILES string of the molecule is CCn1c(COc2cc(C)ccc2C(C)C)nnc1SCC(=O)Nc1cc(Cl)ccc1C. The van der Waals surface area contributed by atoms with E-state index in [0.29, 0.717) is 34.9 Å². The van der Waals surface area contributed by atoms with Gasteiger partial charge in [0, 0.05) is 17.3 Å².